The highest BCUT2D eigenvalue weighted by Crippen LogP contribution is 2.42. The Balaban J connectivity index is 1.27. The van der Waals surface area contributed by atoms with Crippen molar-refractivity contribution in [2.75, 3.05) is 0 Å². The van der Waals surface area contributed by atoms with E-state index in [0.29, 0.717) is 53.5 Å². The van der Waals surface area contributed by atoms with E-state index in [-0.39, 0.29) is 28.2 Å². The zero-order valence-corrected chi connectivity index (χ0v) is 21.4. The molecule has 1 atom stereocenters. The number of nitrogens with zero attached hydrogens (tertiary/aromatic N) is 4. The molecule has 2 aliphatic rings. The van der Waals surface area contributed by atoms with E-state index in [1.165, 1.54) is 30.6 Å². The Morgan fingerprint density at radius 3 is 2.64 bits per heavy atom. The number of hydrogen-bond acceptors (Lipinski definition) is 7. The third kappa shape index (κ3) is 4.63. The summed E-state index contributed by atoms with van der Waals surface area (Å²) < 4.78 is 35.6. The second-order valence-corrected chi connectivity index (χ2v) is 10.1. The van der Waals surface area contributed by atoms with E-state index in [9.17, 15) is 9.59 Å². The zero-order valence-electron chi connectivity index (χ0n) is 20.6. The van der Waals surface area contributed by atoms with Crippen LogP contribution in [0.4, 0.5) is 8.78 Å². The van der Waals surface area contributed by atoms with Crippen molar-refractivity contribution in [3.8, 4) is 22.5 Å². The number of nitrogens with one attached hydrogen (secondary N) is 2. The van der Waals surface area contributed by atoms with Crippen LogP contribution in [0.15, 0.2) is 47.2 Å². The highest BCUT2D eigenvalue weighted by atomic mass is 35.5. The molecule has 6 rings (SSSR count). The molecule has 39 heavy (non-hydrogen) atoms. The summed E-state index contributed by atoms with van der Waals surface area (Å²) in [6.45, 7) is 1.58. The van der Waals surface area contributed by atoms with Crippen molar-refractivity contribution >= 4 is 23.4 Å². The predicted molar refractivity (Wildman–Crippen MR) is 136 cm³/mol. The minimum atomic E-state index is -1.05. The van der Waals surface area contributed by atoms with Crippen LogP contribution >= 0.6 is 11.6 Å². The molecule has 9 nitrogen and oxygen atoms in total. The molecule has 1 unspecified atom stereocenters. The summed E-state index contributed by atoms with van der Waals surface area (Å²) in [6, 6.07) is 6.65. The topological polar surface area (TPSA) is 123 Å². The Kier molecular flexibility index (Phi) is 6.10. The molecule has 2 heterocycles. The second-order valence-electron chi connectivity index (χ2n) is 9.71. The summed E-state index contributed by atoms with van der Waals surface area (Å²) in [5.41, 5.74) is 1.06. The maximum absolute atomic E-state index is 15.6. The van der Waals surface area contributed by atoms with Gasteiger partial charge in [0.2, 0.25) is 17.6 Å². The average Bonchev–Trinajstić information content (AvgIpc) is 3.39. The molecule has 2 N–H and O–H groups in total. The lowest BCUT2D eigenvalue weighted by Gasteiger charge is -2.21. The monoisotopic (exact) mass is 550 g/mol. The van der Waals surface area contributed by atoms with E-state index >= 15 is 8.78 Å². The van der Waals surface area contributed by atoms with Crippen molar-refractivity contribution in [2.45, 2.75) is 44.2 Å². The van der Waals surface area contributed by atoms with Crippen molar-refractivity contribution in [1.29, 1.82) is 0 Å². The van der Waals surface area contributed by atoms with E-state index in [2.05, 4.69) is 31.0 Å². The molecule has 1 saturated carbocycles. The van der Waals surface area contributed by atoms with Crippen LogP contribution in [-0.4, -0.2) is 37.7 Å². The molecular formula is C27H21ClF2N6O3. The zero-order chi connectivity index (χ0) is 27.3. The van der Waals surface area contributed by atoms with Gasteiger partial charge in [-0.2, -0.15) is 15.2 Å². The third-order valence-corrected chi connectivity index (χ3v) is 7.29. The molecule has 0 saturated heterocycles. The number of fused-ring (bicyclic) bond motifs is 1. The summed E-state index contributed by atoms with van der Waals surface area (Å²) >= 11 is 6.14. The van der Waals surface area contributed by atoms with Crippen LogP contribution in [0.1, 0.15) is 52.7 Å². The van der Waals surface area contributed by atoms with Crippen LogP contribution in [0.25, 0.3) is 22.5 Å². The van der Waals surface area contributed by atoms with Crippen LogP contribution in [0.2, 0.25) is 5.02 Å². The van der Waals surface area contributed by atoms with Gasteiger partial charge in [0, 0.05) is 17.5 Å². The Bertz CT molecular complexity index is 1620. The van der Waals surface area contributed by atoms with Gasteiger partial charge in [-0.25, -0.2) is 8.78 Å². The van der Waals surface area contributed by atoms with Gasteiger partial charge in [-0.3, -0.25) is 9.59 Å². The van der Waals surface area contributed by atoms with Gasteiger partial charge < -0.3 is 15.2 Å². The smallest absolute Gasteiger partial charge is 0.253 e. The normalized spacial score (nSPS) is 17.0. The number of aromatic nitrogens is 4. The van der Waals surface area contributed by atoms with Crippen molar-refractivity contribution in [2.24, 2.45) is 0 Å². The second kappa shape index (κ2) is 9.49. The maximum atomic E-state index is 15.6. The van der Waals surface area contributed by atoms with Gasteiger partial charge in [-0.05, 0) is 66.6 Å². The van der Waals surface area contributed by atoms with Crippen LogP contribution in [0.3, 0.4) is 0 Å². The molecule has 198 valence electrons. The van der Waals surface area contributed by atoms with Crippen molar-refractivity contribution in [3.05, 3.63) is 82.0 Å². The Hall–Kier alpha value is -4.25. The lowest BCUT2D eigenvalue weighted by atomic mass is 9.95. The number of aryl methyl sites for hydroxylation is 2. The standard InChI is InChI=1S/C27H21ClF2N6O3/c1-13-33-24(36-39-13)23-18(10-17(28)11-20(23)30)16-8-14-2-3-21(22(14)19(29)9-16)34-26(38)27(5-6-27)35-25(37)15-4-7-31-32-12-15/h4,7-12,21H,2-3,5-6H2,1H3,(H,34,38)(H,35,37). The van der Waals surface area contributed by atoms with Crippen LogP contribution in [0.5, 0.6) is 0 Å². The molecule has 1 fully saturated rings. The minimum absolute atomic E-state index is 0.0297. The fourth-order valence-corrected chi connectivity index (χ4v) is 5.19. The largest absolute Gasteiger partial charge is 0.347 e. The molecule has 2 aliphatic carbocycles. The lowest BCUT2D eigenvalue weighted by Crippen LogP contribution is -2.49. The first-order chi connectivity index (χ1) is 18.7. The first-order valence-electron chi connectivity index (χ1n) is 12.3. The van der Waals surface area contributed by atoms with Gasteiger partial charge in [0.25, 0.3) is 5.91 Å². The lowest BCUT2D eigenvalue weighted by molar-refractivity contribution is -0.124. The molecule has 2 aromatic heterocycles. The maximum Gasteiger partial charge on any atom is 0.253 e. The van der Waals surface area contributed by atoms with Crippen LogP contribution in [0, 0.1) is 18.6 Å². The van der Waals surface area contributed by atoms with E-state index in [1.54, 1.807) is 13.0 Å². The molecule has 2 aromatic carbocycles. The van der Waals surface area contributed by atoms with Gasteiger partial charge >= 0.3 is 0 Å². The van der Waals surface area contributed by atoms with Gasteiger partial charge in [-0.1, -0.05) is 22.8 Å². The summed E-state index contributed by atoms with van der Waals surface area (Å²) in [6.07, 6.45) is 4.63. The Labute approximate surface area is 226 Å². The molecule has 0 aliphatic heterocycles. The SMILES string of the molecule is Cc1nc(-c2c(F)cc(Cl)cc2-c2cc(F)c3c(c2)CCC3NC(=O)C2(NC(=O)c3ccnnc3)CC2)no1. The summed E-state index contributed by atoms with van der Waals surface area (Å²) in [4.78, 5) is 29.9. The minimum Gasteiger partial charge on any atom is -0.347 e. The molecule has 0 radical (unpaired) electrons. The fraction of sp³-hybridized carbons (Fsp3) is 0.259. The highest BCUT2D eigenvalue weighted by molar-refractivity contribution is 6.31. The Morgan fingerprint density at radius 2 is 1.95 bits per heavy atom. The summed E-state index contributed by atoms with van der Waals surface area (Å²) in [7, 11) is 0. The molecular weight excluding hydrogens is 530 g/mol. The van der Waals surface area contributed by atoms with Crippen LogP contribution < -0.4 is 10.6 Å². The van der Waals surface area contributed by atoms with Crippen molar-refractivity contribution in [3.63, 3.8) is 0 Å². The third-order valence-electron chi connectivity index (χ3n) is 7.07. The first-order valence-corrected chi connectivity index (χ1v) is 12.6. The van der Waals surface area contributed by atoms with Gasteiger partial charge in [0.15, 0.2) is 0 Å². The van der Waals surface area contributed by atoms with Gasteiger partial charge in [-0.15, -0.1) is 0 Å². The number of hydrogen-bond donors (Lipinski definition) is 2. The average molecular weight is 551 g/mol. The molecule has 0 spiro atoms. The van der Waals surface area contributed by atoms with Crippen molar-refractivity contribution in [1.82, 2.24) is 31.0 Å². The van der Waals surface area contributed by atoms with E-state index in [4.69, 9.17) is 16.1 Å². The number of amides is 2. The summed E-state index contributed by atoms with van der Waals surface area (Å²) in [5, 5.41) is 17.0. The number of halogens is 3. The highest BCUT2D eigenvalue weighted by Gasteiger charge is 2.52. The molecule has 2 amide bonds. The van der Waals surface area contributed by atoms with E-state index in [1.807, 2.05) is 0 Å². The van der Waals surface area contributed by atoms with Gasteiger partial charge in [0.05, 0.1) is 29.6 Å². The van der Waals surface area contributed by atoms with Gasteiger partial charge in [0.1, 0.15) is 17.2 Å². The first kappa shape index (κ1) is 25.1. The van der Waals surface area contributed by atoms with Crippen LogP contribution in [-0.2, 0) is 11.2 Å². The fourth-order valence-electron chi connectivity index (χ4n) is 4.99. The quantitative estimate of drug-likeness (QED) is 0.362. The number of rotatable bonds is 6. The van der Waals surface area contributed by atoms with E-state index < -0.39 is 29.1 Å². The van der Waals surface area contributed by atoms with E-state index in [0.717, 1.165) is 6.07 Å². The van der Waals surface area contributed by atoms with Crippen molar-refractivity contribution < 1.29 is 22.9 Å². The number of benzene rings is 2. The number of carbonyl (C=O) groups excluding carboxylic acids is 2. The Morgan fingerprint density at radius 1 is 1.13 bits per heavy atom. The predicted octanol–water partition coefficient (Wildman–Crippen LogP) is 4.50. The molecule has 0 bridgehead atoms. The summed E-state index contributed by atoms with van der Waals surface area (Å²) in [5.74, 6) is -1.72. The molecule has 12 heteroatoms. The molecule has 4 aromatic rings. The number of carbonyl (C=O) groups is 2.